The Labute approximate surface area is 200 Å². The lowest BCUT2D eigenvalue weighted by atomic mass is 10.0. The van der Waals surface area contributed by atoms with Crippen LogP contribution in [0.2, 0.25) is 0 Å². The van der Waals surface area contributed by atoms with Gasteiger partial charge in [-0.25, -0.2) is 9.78 Å². The SMILES string of the molecule is CN1CN=C(C(=O)Nc2cccc3[nH]ncc23)C=C1N1CCC(n2c(=O)[nH]c3ncccc32)CC1. The third-order valence-electron chi connectivity index (χ3n) is 6.72. The summed E-state index contributed by atoms with van der Waals surface area (Å²) >= 11 is 0. The minimum atomic E-state index is -0.253. The highest BCUT2D eigenvalue weighted by Crippen LogP contribution is 2.28. The number of pyridine rings is 1. The van der Waals surface area contributed by atoms with E-state index in [2.05, 4.69) is 35.4 Å². The molecule has 5 heterocycles. The second-order valence-electron chi connectivity index (χ2n) is 8.87. The van der Waals surface area contributed by atoms with Crippen LogP contribution in [0.4, 0.5) is 5.69 Å². The largest absolute Gasteiger partial charge is 0.358 e. The van der Waals surface area contributed by atoms with Crippen molar-refractivity contribution in [2.75, 3.05) is 32.1 Å². The molecule has 0 spiro atoms. The number of nitrogens with zero attached hydrogens (tertiary/aromatic N) is 6. The first-order valence-corrected chi connectivity index (χ1v) is 11.6. The number of H-pyrrole nitrogens is 2. The zero-order chi connectivity index (χ0) is 23.9. The minimum absolute atomic E-state index is 0.0954. The maximum Gasteiger partial charge on any atom is 0.327 e. The molecule has 11 heteroatoms. The van der Waals surface area contributed by atoms with Crippen molar-refractivity contribution in [3.05, 3.63) is 65.1 Å². The lowest BCUT2D eigenvalue weighted by molar-refractivity contribution is -0.110. The number of fused-ring (bicyclic) bond motifs is 2. The maximum absolute atomic E-state index is 13.0. The quantitative estimate of drug-likeness (QED) is 0.418. The summed E-state index contributed by atoms with van der Waals surface area (Å²) in [5, 5.41) is 10.8. The summed E-state index contributed by atoms with van der Waals surface area (Å²) in [6, 6.07) is 9.50. The molecule has 178 valence electrons. The number of piperidine rings is 1. The molecule has 6 rings (SSSR count). The molecule has 3 aromatic heterocycles. The second-order valence-corrected chi connectivity index (χ2v) is 8.87. The Morgan fingerprint density at radius 1 is 1.17 bits per heavy atom. The van der Waals surface area contributed by atoms with Crippen LogP contribution in [-0.4, -0.2) is 73.0 Å². The number of aliphatic imine (C=N–C) groups is 1. The first kappa shape index (κ1) is 21.1. The lowest BCUT2D eigenvalue weighted by Crippen LogP contribution is -2.43. The van der Waals surface area contributed by atoms with Crippen LogP contribution in [0.3, 0.4) is 0 Å². The number of benzene rings is 1. The van der Waals surface area contributed by atoms with Crippen molar-refractivity contribution in [1.29, 1.82) is 0 Å². The molecule has 3 N–H and O–H groups in total. The topological polar surface area (TPSA) is 127 Å². The highest BCUT2D eigenvalue weighted by molar-refractivity contribution is 6.47. The van der Waals surface area contributed by atoms with Crippen LogP contribution >= 0.6 is 0 Å². The molecule has 0 atom stereocenters. The van der Waals surface area contributed by atoms with Crippen molar-refractivity contribution in [3.8, 4) is 0 Å². The monoisotopic (exact) mass is 471 g/mol. The zero-order valence-corrected chi connectivity index (χ0v) is 19.2. The minimum Gasteiger partial charge on any atom is -0.358 e. The fourth-order valence-electron chi connectivity index (χ4n) is 4.94. The Hall–Kier alpha value is -4.41. The van der Waals surface area contributed by atoms with E-state index < -0.39 is 0 Å². The maximum atomic E-state index is 13.0. The van der Waals surface area contributed by atoms with Gasteiger partial charge < -0.3 is 15.1 Å². The molecule has 2 aliphatic heterocycles. The van der Waals surface area contributed by atoms with E-state index in [0.717, 1.165) is 48.2 Å². The Balaban J connectivity index is 1.18. The van der Waals surface area contributed by atoms with E-state index >= 15 is 0 Å². The fraction of sp³-hybridized carbons (Fsp3) is 0.292. The summed E-state index contributed by atoms with van der Waals surface area (Å²) in [5.74, 6) is 0.704. The Morgan fingerprint density at radius 2 is 2.03 bits per heavy atom. The molecule has 4 aromatic rings. The normalized spacial score (nSPS) is 17.1. The zero-order valence-electron chi connectivity index (χ0n) is 19.2. The van der Waals surface area contributed by atoms with Crippen LogP contribution in [0.15, 0.2) is 64.4 Å². The molecule has 11 nitrogen and oxygen atoms in total. The van der Waals surface area contributed by atoms with E-state index in [0.29, 0.717) is 23.7 Å². The van der Waals surface area contributed by atoms with E-state index in [1.54, 1.807) is 12.4 Å². The highest BCUT2D eigenvalue weighted by Gasteiger charge is 2.28. The van der Waals surface area contributed by atoms with Gasteiger partial charge in [-0.2, -0.15) is 5.10 Å². The van der Waals surface area contributed by atoms with Crippen molar-refractivity contribution in [2.45, 2.75) is 18.9 Å². The van der Waals surface area contributed by atoms with Gasteiger partial charge in [-0.1, -0.05) is 6.07 Å². The number of carbonyl (C=O) groups excluding carboxylic acids is 1. The first-order chi connectivity index (χ1) is 17.1. The predicted molar refractivity (Wildman–Crippen MR) is 133 cm³/mol. The molecular weight excluding hydrogens is 446 g/mol. The van der Waals surface area contributed by atoms with Gasteiger partial charge in [-0.3, -0.25) is 24.4 Å². The third kappa shape index (κ3) is 3.74. The van der Waals surface area contributed by atoms with Crippen LogP contribution < -0.4 is 11.0 Å². The molecule has 1 aromatic carbocycles. The van der Waals surface area contributed by atoms with E-state index in [4.69, 9.17) is 0 Å². The van der Waals surface area contributed by atoms with Crippen molar-refractivity contribution in [1.82, 2.24) is 34.5 Å². The number of anilines is 1. The first-order valence-electron chi connectivity index (χ1n) is 11.6. The molecule has 1 fully saturated rings. The number of aromatic nitrogens is 5. The van der Waals surface area contributed by atoms with E-state index in [1.807, 2.05) is 52.9 Å². The van der Waals surface area contributed by atoms with Gasteiger partial charge in [-0.15, -0.1) is 0 Å². The number of hydrogen-bond donors (Lipinski definition) is 3. The number of amides is 1. The average molecular weight is 472 g/mol. The molecular formula is C24H25N9O2. The molecule has 35 heavy (non-hydrogen) atoms. The average Bonchev–Trinajstić information content (AvgIpc) is 3.49. The van der Waals surface area contributed by atoms with Gasteiger partial charge in [0.25, 0.3) is 5.91 Å². The number of nitrogens with one attached hydrogen (secondary N) is 3. The summed E-state index contributed by atoms with van der Waals surface area (Å²) in [7, 11) is 1.97. The smallest absolute Gasteiger partial charge is 0.327 e. The van der Waals surface area contributed by atoms with Gasteiger partial charge in [-0.05, 0) is 37.1 Å². The summed E-state index contributed by atoms with van der Waals surface area (Å²) in [6.45, 7) is 1.94. The van der Waals surface area contributed by atoms with Crippen LogP contribution in [-0.2, 0) is 4.79 Å². The van der Waals surface area contributed by atoms with Gasteiger partial charge >= 0.3 is 5.69 Å². The molecule has 0 saturated carbocycles. The van der Waals surface area contributed by atoms with Crippen LogP contribution in [0.5, 0.6) is 0 Å². The highest BCUT2D eigenvalue weighted by atomic mass is 16.2. The fourth-order valence-corrected chi connectivity index (χ4v) is 4.94. The standard InChI is InChI=1S/C24H25N9O2/c1-31-14-26-19(23(34)28-17-4-2-5-18-16(17)13-27-30-18)12-21(31)32-10-7-15(8-11-32)33-20-6-3-9-25-22(20)29-24(33)35/h2-6,9,12-13,15H,7-8,10-11,14H2,1H3,(H,27,30)(H,28,34)(H,25,29,35). The number of rotatable bonds is 4. The van der Waals surface area contributed by atoms with E-state index in [9.17, 15) is 9.59 Å². The number of hydrogen-bond acceptors (Lipinski definition) is 7. The Morgan fingerprint density at radius 3 is 2.89 bits per heavy atom. The van der Waals surface area contributed by atoms with E-state index in [-0.39, 0.29) is 17.6 Å². The van der Waals surface area contributed by atoms with E-state index in [1.165, 1.54) is 0 Å². The van der Waals surface area contributed by atoms with Gasteiger partial charge in [0.15, 0.2) is 5.65 Å². The Kier molecular flexibility index (Phi) is 5.09. The molecule has 0 radical (unpaired) electrons. The van der Waals surface area contributed by atoms with Crippen molar-refractivity contribution in [2.24, 2.45) is 4.99 Å². The Bertz CT molecular complexity index is 1540. The summed E-state index contributed by atoms with van der Waals surface area (Å²) in [5.41, 5.74) is 3.27. The molecule has 0 bridgehead atoms. The number of likely N-dealkylation sites (tertiary alicyclic amines) is 1. The number of aromatic amines is 2. The van der Waals surface area contributed by atoms with Gasteiger partial charge in [0.05, 0.1) is 22.9 Å². The second kappa shape index (κ2) is 8.42. The number of imidazole rings is 1. The van der Waals surface area contributed by atoms with Crippen LogP contribution in [0.25, 0.3) is 22.1 Å². The summed E-state index contributed by atoms with van der Waals surface area (Å²) in [6.07, 6.45) is 6.85. The molecule has 0 aliphatic carbocycles. The summed E-state index contributed by atoms with van der Waals surface area (Å²) < 4.78 is 1.83. The summed E-state index contributed by atoms with van der Waals surface area (Å²) in [4.78, 5) is 41.5. The van der Waals surface area contributed by atoms with Gasteiger partial charge in [0, 0.05) is 43.8 Å². The molecule has 0 unspecified atom stereocenters. The van der Waals surface area contributed by atoms with Crippen molar-refractivity contribution < 1.29 is 4.79 Å². The molecule has 1 saturated heterocycles. The van der Waals surface area contributed by atoms with Crippen LogP contribution in [0, 0.1) is 0 Å². The molecule has 2 aliphatic rings. The third-order valence-corrected chi connectivity index (χ3v) is 6.72. The molecule has 1 amide bonds. The van der Waals surface area contributed by atoms with Crippen molar-refractivity contribution in [3.63, 3.8) is 0 Å². The van der Waals surface area contributed by atoms with Gasteiger partial charge in [0.2, 0.25) is 0 Å². The van der Waals surface area contributed by atoms with Crippen molar-refractivity contribution >= 4 is 39.4 Å². The van der Waals surface area contributed by atoms with Gasteiger partial charge in [0.1, 0.15) is 18.2 Å². The van der Waals surface area contributed by atoms with Crippen LogP contribution in [0.1, 0.15) is 18.9 Å². The predicted octanol–water partition coefficient (Wildman–Crippen LogP) is 2.06. The number of carbonyl (C=O) groups is 1. The lowest BCUT2D eigenvalue weighted by Gasteiger charge is -2.39.